The summed E-state index contributed by atoms with van der Waals surface area (Å²) in [7, 11) is 0. The molecule has 0 aromatic rings. The van der Waals surface area contributed by atoms with E-state index in [1.807, 2.05) is 0 Å². The molecule has 0 spiro atoms. The number of hydrogen-bond acceptors (Lipinski definition) is 2. The SMILES string of the molecule is CCCCCCCC(C)(C)CN1CCC(C#N)CC1. The van der Waals surface area contributed by atoms with Crippen LogP contribution in [0.2, 0.25) is 0 Å². The number of piperidine rings is 1. The standard InChI is InChI=1S/C17H32N2/c1-4-5-6-7-8-11-17(2,3)15-19-12-9-16(14-18)10-13-19/h16H,4-13,15H2,1-3H3. The smallest absolute Gasteiger partial charge is 0.0656 e. The topological polar surface area (TPSA) is 27.0 Å². The van der Waals surface area contributed by atoms with E-state index in [1.54, 1.807) is 0 Å². The lowest BCUT2D eigenvalue weighted by Gasteiger charge is -2.36. The first-order valence-corrected chi connectivity index (χ1v) is 8.19. The van der Waals surface area contributed by atoms with Crippen LogP contribution in [0.4, 0.5) is 0 Å². The molecule has 0 bridgehead atoms. The first-order valence-electron chi connectivity index (χ1n) is 8.19. The molecule has 0 N–H and O–H groups in total. The van der Waals surface area contributed by atoms with Crippen molar-refractivity contribution in [2.24, 2.45) is 11.3 Å². The maximum Gasteiger partial charge on any atom is 0.0656 e. The molecule has 1 aliphatic heterocycles. The van der Waals surface area contributed by atoms with Crippen LogP contribution < -0.4 is 0 Å². The van der Waals surface area contributed by atoms with Crippen LogP contribution in [-0.2, 0) is 0 Å². The second kappa shape index (κ2) is 8.59. The zero-order valence-corrected chi connectivity index (χ0v) is 13.2. The molecule has 1 heterocycles. The summed E-state index contributed by atoms with van der Waals surface area (Å²) in [5, 5.41) is 8.93. The minimum atomic E-state index is 0.313. The van der Waals surface area contributed by atoms with E-state index in [-0.39, 0.29) is 0 Å². The Bertz CT molecular complexity index is 269. The van der Waals surface area contributed by atoms with Gasteiger partial charge in [-0.3, -0.25) is 0 Å². The van der Waals surface area contributed by atoms with Gasteiger partial charge in [-0.15, -0.1) is 0 Å². The largest absolute Gasteiger partial charge is 0.303 e. The average molecular weight is 264 g/mol. The monoisotopic (exact) mass is 264 g/mol. The summed E-state index contributed by atoms with van der Waals surface area (Å²) >= 11 is 0. The van der Waals surface area contributed by atoms with E-state index >= 15 is 0 Å². The number of nitrogens with zero attached hydrogens (tertiary/aromatic N) is 2. The minimum absolute atomic E-state index is 0.313. The molecule has 110 valence electrons. The molecule has 19 heavy (non-hydrogen) atoms. The van der Waals surface area contributed by atoms with Crippen molar-refractivity contribution in [3.05, 3.63) is 0 Å². The van der Waals surface area contributed by atoms with Crippen LogP contribution in [0.3, 0.4) is 0 Å². The van der Waals surface area contributed by atoms with E-state index < -0.39 is 0 Å². The highest BCUT2D eigenvalue weighted by Gasteiger charge is 2.25. The quantitative estimate of drug-likeness (QED) is 0.599. The first kappa shape index (κ1) is 16.5. The van der Waals surface area contributed by atoms with Crippen molar-refractivity contribution >= 4 is 0 Å². The Labute approximate surface area is 120 Å². The fourth-order valence-electron chi connectivity index (χ4n) is 3.11. The highest BCUT2D eigenvalue weighted by atomic mass is 15.1. The molecule has 1 aliphatic rings. The van der Waals surface area contributed by atoms with Crippen LogP contribution in [-0.4, -0.2) is 24.5 Å². The molecule has 0 aromatic heterocycles. The summed E-state index contributed by atoms with van der Waals surface area (Å²) in [4.78, 5) is 2.57. The Morgan fingerprint density at radius 1 is 1.11 bits per heavy atom. The molecule has 2 heteroatoms. The Hall–Kier alpha value is -0.550. The number of rotatable bonds is 8. The van der Waals surface area contributed by atoms with Gasteiger partial charge in [0.1, 0.15) is 0 Å². The van der Waals surface area contributed by atoms with Gasteiger partial charge in [0, 0.05) is 12.5 Å². The molecule has 1 fully saturated rings. The lowest BCUT2D eigenvalue weighted by molar-refractivity contribution is 0.132. The van der Waals surface area contributed by atoms with Crippen LogP contribution in [0.5, 0.6) is 0 Å². The van der Waals surface area contributed by atoms with E-state index in [1.165, 1.54) is 45.1 Å². The number of hydrogen-bond donors (Lipinski definition) is 0. The highest BCUT2D eigenvalue weighted by Crippen LogP contribution is 2.27. The number of likely N-dealkylation sites (tertiary alicyclic amines) is 1. The van der Waals surface area contributed by atoms with Gasteiger partial charge in [-0.25, -0.2) is 0 Å². The second-order valence-corrected chi connectivity index (χ2v) is 7.01. The molecule has 0 saturated carbocycles. The number of unbranched alkanes of at least 4 members (excludes halogenated alkanes) is 4. The van der Waals surface area contributed by atoms with Crippen molar-refractivity contribution in [1.82, 2.24) is 4.90 Å². The van der Waals surface area contributed by atoms with E-state index in [4.69, 9.17) is 5.26 Å². The van der Waals surface area contributed by atoms with E-state index in [9.17, 15) is 0 Å². The van der Waals surface area contributed by atoms with Gasteiger partial charge in [-0.2, -0.15) is 5.26 Å². The molecule has 0 atom stereocenters. The normalized spacial score (nSPS) is 18.4. The van der Waals surface area contributed by atoms with Crippen molar-refractivity contribution in [2.45, 2.75) is 72.1 Å². The van der Waals surface area contributed by atoms with E-state index in [2.05, 4.69) is 31.7 Å². The summed E-state index contributed by atoms with van der Waals surface area (Å²) in [6, 6.07) is 2.41. The van der Waals surface area contributed by atoms with Crippen LogP contribution in [0, 0.1) is 22.7 Å². The molecule has 0 radical (unpaired) electrons. The van der Waals surface area contributed by atoms with Gasteiger partial charge in [0.2, 0.25) is 0 Å². The van der Waals surface area contributed by atoms with Crippen molar-refractivity contribution in [2.75, 3.05) is 19.6 Å². The molecule has 0 amide bonds. The third-order valence-corrected chi connectivity index (χ3v) is 4.38. The van der Waals surface area contributed by atoms with Gasteiger partial charge in [-0.1, -0.05) is 52.9 Å². The van der Waals surface area contributed by atoms with Crippen molar-refractivity contribution in [3.8, 4) is 6.07 Å². The molecule has 2 nitrogen and oxygen atoms in total. The molecule has 0 aliphatic carbocycles. The molecule has 0 unspecified atom stereocenters. The van der Waals surface area contributed by atoms with Crippen molar-refractivity contribution in [1.29, 1.82) is 5.26 Å². The predicted molar refractivity (Wildman–Crippen MR) is 81.9 cm³/mol. The van der Waals surface area contributed by atoms with Gasteiger partial charge in [0.25, 0.3) is 0 Å². The highest BCUT2D eigenvalue weighted by molar-refractivity contribution is 4.88. The summed E-state index contributed by atoms with van der Waals surface area (Å²) in [5.41, 5.74) is 0.436. The summed E-state index contributed by atoms with van der Waals surface area (Å²) in [5.74, 6) is 0.313. The third-order valence-electron chi connectivity index (χ3n) is 4.38. The van der Waals surface area contributed by atoms with Crippen molar-refractivity contribution in [3.63, 3.8) is 0 Å². The maximum absolute atomic E-state index is 8.93. The van der Waals surface area contributed by atoms with Gasteiger partial charge in [0.05, 0.1) is 6.07 Å². The lowest BCUT2D eigenvalue weighted by atomic mass is 9.85. The molecular weight excluding hydrogens is 232 g/mol. The van der Waals surface area contributed by atoms with Crippen molar-refractivity contribution < 1.29 is 0 Å². The van der Waals surface area contributed by atoms with E-state index in [0.717, 1.165) is 25.9 Å². The molecular formula is C17H32N2. The van der Waals surface area contributed by atoms with Gasteiger partial charge in [0.15, 0.2) is 0 Å². The Balaban J connectivity index is 2.17. The first-order chi connectivity index (χ1) is 9.07. The Morgan fingerprint density at radius 2 is 1.74 bits per heavy atom. The molecule has 1 rings (SSSR count). The molecule has 1 saturated heterocycles. The minimum Gasteiger partial charge on any atom is -0.303 e. The van der Waals surface area contributed by atoms with E-state index in [0.29, 0.717) is 11.3 Å². The fraction of sp³-hybridized carbons (Fsp3) is 0.941. The average Bonchev–Trinajstić information content (AvgIpc) is 2.39. The van der Waals surface area contributed by atoms with Crippen LogP contribution >= 0.6 is 0 Å². The second-order valence-electron chi connectivity index (χ2n) is 7.01. The Kier molecular flexibility index (Phi) is 7.46. The Morgan fingerprint density at radius 3 is 2.32 bits per heavy atom. The third kappa shape index (κ3) is 6.97. The fourth-order valence-corrected chi connectivity index (χ4v) is 3.11. The predicted octanol–water partition coefficient (Wildman–Crippen LogP) is 4.61. The zero-order chi connectivity index (χ0) is 14.1. The van der Waals surface area contributed by atoms with Crippen LogP contribution in [0.25, 0.3) is 0 Å². The summed E-state index contributed by atoms with van der Waals surface area (Å²) in [6.07, 6.45) is 10.4. The molecule has 0 aromatic carbocycles. The van der Waals surface area contributed by atoms with Gasteiger partial charge in [-0.05, 0) is 37.8 Å². The summed E-state index contributed by atoms with van der Waals surface area (Å²) in [6.45, 7) is 10.5. The lowest BCUT2D eigenvalue weighted by Crippen LogP contribution is -2.39. The zero-order valence-electron chi connectivity index (χ0n) is 13.2. The van der Waals surface area contributed by atoms with Gasteiger partial charge >= 0.3 is 0 Å². The van der Waals surface area contributed by atoms with Gasteiger partial charge < -0.3 is 4.90 Å². The van der Waals surface area contributed by atoms with Crippen LogP contribution in [0.15, 0.2) is 0 Å². The number of nitriles is 1. The summed E-state index contributed by atoms with van der Waals surface area (Å²) < 4.78 is 0. The van der Waals surface area contributed by atoms with Crippen LogP contribution in [0.1, 0.15) is 72.1 Å². The maximum atomic E-state index is 8.93.